The van der Waals surface area contributed by atoms with Crippen LogP contribution in [0, 0.1) is 11.6 Å². The van der Waals surface area contributed by atoms with Crippen LogP contribution in [0.4, 0.5) is 8.78 Å². The van der Waals surface area contributed by atoms with Crippen molar-refractivity contribution in [1.29, 1.82) is 0 Å². The van der Waals surface area contributed by atoms with Crippen LogP contribution >= 0.6 is 0 Å². The standard InChI is InChI=1S/C17H19F2NO/c1-3-10-20-17(13-6-4-5-7-15(13)19)14-11-12(18)8-9-16(14)21-2/h4-9,11,17,20H,3,10H2,1-2H3. The number of hydrogen-bond acceptors (Lipinski definition) is 2. The van der Waals surface area contributed by atoms with E-state index in [4.69, 9.17) is 4.74 Å². The number of nitrogens with one attached hydrogen (secondary N) is 1. The van der Waals surface area contributed by atoms with Gasteiger partial charge in [-0.05, 0) is 37.2 Å². The molecule has 2 nitrogen and oxygen atoms in total. The van der Waals surface area contributed by atoms with Crippen molar-refractivity contribution in [2.24, 2.45) is 0 Å². The highest BCUT2D eigenvalue weighted by atomic mass is 19.1. The van der Waals surface area contributed by atoms with Gasteiger partial charge in [0.15, 0.2) is 0 Å². The van der Waals surface area contributed by atoms with Gasteiger partial charge in [-0.3, -0.25) is 0 Å². The third-order valence-corrected chi connectivity index (χ3v) is 3.32. The first-order chi connectivity index (χ1) is 10.2. The van der Waals surface area contributed by atoms with E-state index < -0.39 is 6.04 Å². The van der Waals surface area contributed by atoms with E-state index in [1.165, 1.54) is 25.3 Å². The Labute approximate surface area is 123 Å². The van der Waals surface area contributed by atoms with Crippen molar-refractivity contribution in [1.82, 2.24) is 5.32 Å². The first-order valence-electron chi connectivity index (χ1n) is 6.98. The summed E-state index contributed by atoms with van der Waals surface area (Å²) in [5.41, 5.74) is 1.07. The summed E-state index contributed by atoms with van der Waals surface area (Å²) in [7, 11) is 1.52. The molecular formula is C17H19F2NO. The van der Waals surface area contributed by atoms with Gasteiger partial charge in [0.1, 0.15) is 17.4 Å². The number of hydrogen-bond donors (Lipinski definition) is 1. The van der Waals surface area contributed by atoms with Gasteiger partial charge in [0.25, 0.3) is 0 Å². The van der Waals surface area contributed by atoms with Crippen molar-refractivity contribution in [3.63, 3.8) is 0 Å². The van der Waals surface area contributed by atoms with Crippen LogP contribution in [-0.2, 0) is 0 Å². The zero-order chi connectivity index (χ0) is 15.2. The molecule has 1 N–H and O–H groups in total. The highest BCUT2D eigenvalue weighted by molar-refractivity contribution is 5.42. The van der Waals surface area contributed by atoms with Crippen LogP contribution in [0.5, 0.6) is 5.75 Å². The van der Waals surface area contributed by atoms with Crippen LogP contribution < -0.4 is 10.1 Å². The molecule has 21 heavy (non-hydrogen) atoms. The second-order valence-corrected chi connectivity index (χ2v) is 4.79. The fraction of sp³-hybridized carbons (Fsp3) is 0.294. The van der Waals surface area contributed by atoms with Gasteiger partial charge >= 0.3 is 0 Å². The maximum Gasteiger partial charge on any atom is 0.128 e. The second kappa shape index (κ2) is 7.18. The predicted molar refractivity (Wildman–Crippen MR) is 79.5 cm³/mol. The average molecular weight is 291 g/mol. The predicted octanol–water partition coefficient (Wildman–Crippen LogP) is 4.06. The largest absolute Gasteiger partial charge is 0.496 e. The fourth-order valence-electron chi connectivity index (χ4n) is 2.32. The Kier molecular flexibility index (Phi) is 5.28. The maximum atomic E-state index is 14.1. The van der Waals surface area contributed by atoms with E-state index in [0.717, 1.165) is 6.42 Å². The summed E-state index contributed by atoms with van der Waals surface area (Å²) in [4.78, 5) is 0. The van der Waals surface area contributed by atoms with Gasteiger partial charge in [-0.2, -0.15) is 0 Å². The molecule has 0 heterocycles. The molecule has 0 amide bonds. The quantitative estimate of drug-likeness (QED) is 0.866. The Bertz CT molecular complexity index is 601. The second-order valence-electron chi connectivity index (χ2n) is 4.79. The molecule has 0 radical (unpaired) electrons. The lowest BCUT2D eigenvalue weighted by molar-refractivity contribution is 0.401. The number of benzene rings is 2. The van der Waals surface area contributed by atoms with E-state index in [9.17, 15) is 8.78 Å². The van der Waals surface area contributed by atoms with E-state index in [1.54, 1.807) is 24.3 Å². The Hall–Kier alpha value is -1.94. The Morgan fingerprint density at radius 3 is 2.52 bits per heavy atom. The van der Waals surface area contributed by atoms with Crippen LogP contribution in [0.3, 0.4) is 0 Å². The number of halogens is 2. The molecule has 4 heteroatoms. The molecule has 0 aliphatic rings. The zero-order valence-electron chi connectivity index (χ0n) is 12.2. The molecule has 112 valence electrons. The first kappa shape index (κ1) is 15.4. The molecule has 1 unspecified atom stereocenters. The Balaban J connectivity index is 2.50. The summed E-state index contributed by atoms with van der Waals surface area (Å²) in [6, 6.07) is 10.3. The van der Waals surface area contributed by atoms with E-state index in [-0.39, 0.29) is 11.6 Å². The highest BCUT2D eigenvalue weighted by Crippen LogP contribution is 2.32. The molecule has 0 spiro atoms. The lowest BCUT2D eigenvalue weighted by Crippen LogP contribution is -2.24. The summed E-state index contributed by atoms with van der Waals surface area (Å²) in [5, 5.41) is 3.26. The molecular weight excluding hydrogens is 272 g/mol. The van der Waals surface area contributed by atoms with Crippen LogP contribution in [0.1, 0.15) is 30.5 Å². The van der Waals surface area contributed by atoms with E-state index in [1.807, 2.05) is 6.92 Å². The van der Waals surface area contributed by atoms with Gasteiger partial charge in [-0.25, -0.2) is 8.78 Å². The van der Waals surface area contributed by atoms with Gasteiger partial charge in [-0.1, -0.05) is 25.1 Å². The molecule has 0 aliphatic carbocycles. The minimum atomic E-state index is -0.447. The van der Waals surface area contributed by atoms with Gasteiger partial charge in [0.05, 0.1) is 13.2 Å². The van der Waals surface area contributed by atoms with Gasteiger partial charge in [0, 0.05) is 11.1 Å². The molecule has 0 fully saturated rings. The Morgan fingerprint density at radius 1 is 1.10 bits per heavy atom. The highest BCUT2D eigenvalue weighted by Gasteiger charge is 2.21. The normalized spacial score (nSPS) is 12.2. The number of ether oxygens (including phenoxy) is 1. The minimum Gasteiger partial charge on any atom is -0.496 e. The van der Waals surface area contributed by atoms with Crippen molar-refractivity contribution in [2.75, 3.05) is 13.7 Å². The minimum absolute atomic E-state index is 0.322. The summed E-state index contributed by atoms with van der Waals surface area (Å²) in [6.07, 6.45) is 0.891. The van der Waals surface area contributed by atoms with Crippen LogP contribution in [-0.4, -0.2) is 13.7 Å². The maximum absolute atomic E-state index is 14.1. The average Bonchev–Trinajstić information content (AvgIpc) is 2.49. The van der Waals surface area contributed by atoms with Crippen molar-refractivity contribution in [3.05, 3.63) is 65.2 Å². The smallest absolute Gasteiger partial charge is 0.128 e. The van der Waals surface area contributed by atoms with E-state index >= 15 is 0 Å². The first-order valence-corrected chi connectivity index (χ1v) is 6.98. The third kappa shape index (κ3) is 3.58. The zero-order valence-corrected chi connectivity index (χ0v) is 12.2. The molecule has 2 aromatic carbocycles. The molecule has 0 bridgehead atoms. The van der Waals surface area contributed by atoms with Crippen molar-refractivity contribution in [2.45, 2.75) is 19.4 Å². The van der Waals surface area contributed by atoms with Crippen LogP contribution in [0.25, 0.3) is 0 Å². The van der Waals surface area contributed by atoms with Crippen molar-refractivity contribution in [3.8, 4) is 5.75 Å². The SMILES string of the molecule is CCCNC(c1ccccc1F)c1cc(F)ccc1OC. The molecule has 2 aromatic rings. The van der Waals surface area contributed by atoms with Crippen molar-refractivity contribution >= 4 is 0 Å². The van der Waals surface area contributed by atoms with Gasteiger partial charge in [0.2, 0.25) is 0 Å². The van der Waals surface area contributed by atoms with Crippen LogP contribution in [0.2, 0.25) is 0 Å². The molecule has 0 aromatic heterocycles. The van der Waals surface area contributed by atoms with E-state index in [2.05, 4.69) is 5.32 Å². The summed E-state index contributed by atoms with van der Waals surface area (Å²) in [5.74, 6) is -0.156. The summed E-state index contributed by atoms with van der Waals surface area (Å²) in [6.45, 7) is 2.72. The van der Waals surface area contributed by atoms with Crippen molar-refractivity contribution < 1.29 is 13.5 Å². The molecule has 1 atom stereocenters. The summed E-state index contributed by atoms with van der Waals surface area (Å²) >= 11 is 0. The molecule has 0 saturated carbocycles. The lowest BCUT2D eigenvalue weighted by Gasteiger charge is -2.22. The van der Waals surface area contributed by atoms with Gasteiger partial charge in [-0.15, -0.1) is 0 Å². The number of methoxy groups -OCH3 is 1. The topological polar surface area (TPSA) is 21.3 Å². The third-order valence-electron chi connectivity index (χ3n) is 3.32. The summed E-state index contributed by atoms with van der Waals surface area (Å²) < 4.78 is 33.0. The van der Waals surface area contributed by atoms with Gasteiger partial charge < -0.3 is 10.1 Å². The van der Waals surface area contributed by atoms with E-state index in [0.29, 0.717) is 23.4 Å². The molecule has 2 rings (SSSR count). The Morgan fingerprint density at radius 2 is 1.86 bits per heavy atom. The number of rotatable bonds is 6. The van der Waals surface area contributed by atoms with Crippen LogP contribution in [0.15, 0.2) is 42.5 Å². The fourth-order valence-corrected chi connectivity index (χ4v) is 2.32. The molecule has 0 saturated heterocycles. The monoisotopic (exact) mass is 291 g/mol. The lowest BCUT2D eigenvalue weighted by atomic mass is 9.97. The molecule has 0 aliphatic heterocycles.